The van der Waals surface area contributed by atoms with Crippen LogP contribution in [0.4, 0.5) is 5.69 Å². The number of benzene rings is 1. The van der Waals surface area contributed by atoms with Crippen molar-refractivity contribution < 1.29 is 5.11 Å². The summed E-state index contributed by atoms with van der Waals surface area (Å²) in [4.78, 5) is 0. The van der Waals surface area contributed by atoms with E-state index in [0.717, 1.165) is 21.1 Å². The summed E-state index contributed by atoms with van der Waals surface area (Å²) in [5.41, 5.74) is 0.986. The summed E-state index contributed by atoms with van der Waals surface area (Å²) in [5, 5.41) is 12.6. The van der Waals surface area contributed by atoms with E-state index in [1.165, 1.54) is 0 Å². The average Bonchev–Trinajstić information content (AvgIpc) is 2.16. The lowest BCUT2D eigenvalue weighted by atomic mass is 10.2. The lowest BCUT2D eigenvalue weighted by Crippen LogP contribution is -2.18. The molecule has 2 N–H and O–H groups in total. The molecule has 0 aromatic heterocycles. The van der Waals surface area contributed by atoms with Crippen LogP contribution in [0.3, 0.4) is 0 Å². The van der Waals surface area contributed by atoms with Crippen molar-refractivity contribution in [1.82, 2.24) is 0 Å². The highest BCUT2D eigenvalue weighted by Crippen LogP contribution is 2.30. The van der Waals surface area contributed by atoms with Crippen LogP contribution in [0.2, 0.25) is 0 Å². The highest BCUT2D eigenvalue weighted by molar-refractivity contribution is 9.11. The van der Waals surface area contributed by atoms with Crippen LogP contribution in [-0.2, 0) is 0 Å². The molecule has 0 heterocycles. The molecule has 0 aliphatic heterocycles. The van der Waals surface area contributed by atoms with Gasteiger partial charge in [-0.3, -0.25) is 0 Å². The number of hydrogen-bond acceptors (Lipinski definition) is 2. The van der Waals surface area contributed by atoms with Crippen LogP contribution < -0.4 is 5.32 Å². The highest BCUT2D eigenvalue weighted by atomic mass is 79.9. The molecule has 0 saturated heterocycles. The van der Waals surface area contributed by atoms with Gasteiger partial charge in [0, 0.05) is 15.5 Å². The first-order chi connectivity index (χ1) is 6.65. The van der Waals surface area contributed by atoms with Crippen molar-refractivity contribution >= 4 is 37.5 Å². The summed E-state index contributed by atoms with van der Waals surface area (Å²) in [7, 11) is 0. The zero-order chi connectivity index (χ0) is 10.6. The minimum absolute atomic E-state index is 0.297. The smallest absolute Gasteiger partial charge is 0.0709 e. The van der Waals surface area contributed by atoms with E-state index in [1.54, 1.807) is 0 Å². The summed E-state index contributed by atoms with van der Waals surface area (Å²) in [6.45, 7) is 2.53. The molecular weight excluding hydrogens is 310 g/mol. The number of anilines is 1. The van der Waals surface area contributed by atoms with Crippen molar-refractivity contribution in [2.75, 3.05) is 11.9 Å². The molecule has 0 spiro atoms. The third kappa shape index (κ3) is 3.26. The maximum Gasteiger partial charge on any atom is 0.0709 e. The molecule has 1 aromatic rings. The summed E-state index contributed by atoms with van der Waals surface area (Å²) in [5.74, 6) is 0. The van der Waals surface area contributed by atoms with Crippen molar-refractivity contribution in [3.05, 3.63) is 27.1 Å². The fourth-order valence-corrected chi connectivity index (χ4v) is 2.31. The van der Waals surface area contributed by atoms with Crippen molar-refractivity contribution in [3.63, 3.8) is 0 Å². The van der Waals surface area contributed by atoms with Crippen LogP contribution in [0.15, 0.2) is 27.1 Å². The van der Waals surface area contributed by atoms with Gasteiger partial charge in [-0.25, -0.2) is 0 Å². The molecule has 0 saturated carbocycles. The van der Waals surface area contributed by atoms with E-state index in [1.807, 2.05) is 25.1 Å². The molecule has 0 fully saturated rings. The van der Waals surface area contributed by atoms with Crippen LogP contribution in [0.1, 0.15) is 13.3 Å². The van der Waals surface area contributed by atoms with E-state index in [2.05, 4.69) is 37.2 Å². The van der Waals surface area contributed by atoms with Gasteiger partial charge in [-0.05, 0) is 50.4 Å². The predicted molar refractivity (Wildman–Crippen MR) is 66.6 cm³/mol. The zero-order valence-electron chi connectivity index (χ0n) is 7.93. The van der Waals surface area contributed by atoms with Crippen molar-refractivity contribution in [1.29, 1.82) is 0 Å². The number of hydrogen-bond donors (Lipinski definition) is 2. The summed E-state index contributed by atoms with van der Waals surface area (Å²) >= 11 is 6.89. The van der Waals surface area contributed by atoms with Gasteiger partial charge in [0.25, 0.3) is 0 Å². The van der Waals surface area contributed by atoms with Gasteiger partial charge in [-0.2, -0.15) is 0 Å². The maximum absolute atomic E-state index is 9.41. The summed E-state index contributed by atoms with van der Waals surface area (Å²) in [6.07, 6.45) is 0.462. The number of aliphatic hydroxyl groups is 1. The van der Waals surface area contributed by atoms with Crippen molar-refractivity contribution in [2.45, 2.75) is 19.4 Å². The van der Waals surface area contributed by atoms with Crippen molar-refractivity contribution in [3.8, 4) is 0 Å². The Bertz CT molecular complexity index is 284. The Morgan fingerprint density at radius 3 is 2.43 bits per heavy atom. The van der Waals surface area contributed by atoms with Gasteiger partial charge in [-0.15, -0.1) is 0 Å². The Morgan fingerprint density at radius 1 is 1.36 bits per heavy atom. The van der Waals surface area contributed by atoms with Gasteiger partial charge in [0.05, 0.1) is 11.8 Å². The number of halogens is 2. The van der Waals surface area contributed by atoms with Crippen LogP contribution in [0.25, 0.3) is 0 Å². The highest BCUT2D eigenvalue weighted by Gasteiger charge is 2.05. The summed E-state index contributed by atoms with van der Waals surface area (Å²) in [6, 6.07) is 5.88. The van der Waals surface area contributed by atoms with E-state index < -0.39 is 0 Å². The number of rotatable bonds is 4. The molecular formula is C10H13Br2NO. The third-order valence-electron chi connectivity index (χ3n) is 1.95. The molecule has 14 heavy (non-hydrogen) atoms. The third-order valence-corrected chi connectivity index (χ3v) is 3.27. The number of nitrogens with one attached hydrogen (secondary N) is 1. The minimum Gasteiger partial charge on any atom is -0.391 e. The fourth-order valence-electron chi connectivity index (χ4n) is 1.03. The van der Waals surface area contributed by atoms with E-state index in [9.17, 15) is 5.11 Å². The van der Waals surface area contributed by atoms with Gasteiger partial charge < -0.3 is 10.4 Å². The normalized spacial score (nSPS) is 12.6. The molecule has 0 aliphatic rings. The largest absolute Gasteiger partial charge is 0.391 e. The molecule has 1 aromatic carbocycles. The van der Waals surface area contributed by atoms with Gasteiger partial charge in [-0.1, -0.05) is 13.0 Å². The van der Waals surface area contributed by atoms with Crippen LogP contribution >= 0.6 is 31.9 Å². The quantitative estimate of drug-likeness (QED) is 0.890. The topological polar surface area (TPSA) is 32.3 Å². The molecule has 0 radical (unpaired) electrons. The molecule has 2 nitrogen and oxygen atoms in total. The van der Waals surface area contributed by atoms with E-state index in [0.29, 0.717) is 6.54 Å². The molecule has 78 valence electrons. The molecule has 1 rings (SSSR count). The second-order valence-corrected chi connectivity index (χ2v) is 4.75. The van der Waals surface area contributed by atoms with Gasteiger partial charge in [0.15, 0.2) is 0 Å². The fraction of sp³-hybridized carbons (Fsp3) is 0.400. The minimum atomic E-state index is -0.297. The molecule has 4 heteroatoms. The van der Waals surface area contributed by atoms with Crippen LogP contribution in [0.5, 0.6) is 0 Å². The SMILES string of the molecule is CCC(O)CNc1c(Br)cccc1Br. The Balaban J connectivity index is 2.66. The van der Waals surface area contributed by atoms with Crippen LogP contribution in [-0.4, -0.2) is 17.8 Å². The van der Waals surface area contributed by atoms with E-state index in [4.69, 9.17) is 0 Å². The van der Waals surface area contributed by atoms with E-state index in [-0.39, 0.29) is 6.10 Å². The summed E-state index contributed by atoms with van der Waals surface area (Å²) < 4.78 is 1.99. The standard InChI is InChI=1S/C10H13Br2NO/c1-2-7(14)6-13-10-8(11)4-3-5-9(10)12/h3-5,7,13-14H,2,6H2,1H3. The zero-order valence-corrected chi connectivity index (χ0v) is 11.1. The molecule has 1 atom stereocenters. The Kier molecular flexibility index (Phi) is 4.92. The lowest BCUT2D eigenvalue weighted by molar-refractivity contribution is 0.183. The second kappa shape index (κ2) is 5.73. The number of para-hydroxylation sites is 1. The van der Waals surface area contributed by atoms with E-state index >= 15 is 0 Å². The van der Waals surface area contributed by atoms with Gasteiger partial charge >= 0.3 is 0 Å². The molecule has 0 bridgehead atoms. The second-order valence-electron chi connectivity index (χ2n) is 3.04. The number of aliphatic hydroxyl groups excluding tert-OH is 1. The first-order valence-corrected chi connectivity index (χ1v) is 6.09. The van der Waals surface area contributed by atoms with Gasteiger partial charge in [0.2, 0.25) is 0 Å². The Morgan fingerprint density at radius 2 is 1.93 bits per heavy atom. The van der Waals surface area contributed by atoms with Gasteiger partial charge in [0.1, 0.15) is 0 Å². The lowest BCUT2D eigenvalue weighted by Gasteiger charge is -2.13. The molecule has 0 aliphatic carbocycles. The maximum atomic E-state index is 9.41. The monoisotopic (exact) mass is 321 g/mol. The molecule has 0 amide bonds. The average molecular weight is 323 g/mol. The predicted octanol–water partition coefficient (Wildman–Crippen LogP) is 3.39. The Labute approximate surface area is 101 Å². The van der Waals surface area contributed by atoms with Crippen LogP contribution in [0, 0.1) is 0 Å². The molecule has 1 unspecified atom stereocenters. The van der Waals surface area contributed by atoms with Crippen molar-refractivity contribution in [2.24, 2.45) is 0 Å². The first-order valence-electron chi connectivity index (χ1n) is 4.51. The first kappa shape index (κ1) is 12.0. The Hall–Kier alpha value is -0.0600.